The van der Waals surface area contributed by atoms with E-state index >= 15 is 0 Å². The Morgan fingerprint density at radius 2 is 1.93 bits per heavy atom. The third-order valence-electron chi connectivity index (χ3n) is 7.03. The zero-order valence-corrected chi connectivity index (χ0v) is 25.4. The van der Waals surface area contributed by atoms with Crippen LogP contribution in [0.4, 0.5) is 5.13 Å². The Kier molecular flexibility index (Phi) is 9.19. The monoisotopic (exact) mass is 620 g/mol. The number of hydrogen-bond acceptors (Lipinski definition) is 11. The second-order valence-corrected chi connectivity index (χ2v) is 10.9. The Morgan fingerprint density at radius 1 is 1.16 bits per heavy atom. The van der Waals surface area contributed by atoms with Crippen LogP contribution in [-0.4, -0.2) is 61.3 Å². The summed E-state index contributed by atoms with van der Waals surface area (Å²) in [6.45, 7) is 8.41. The lowest BCUT2D eigenvalue weighted by Gasteiger charge is -2.24. The van der Waals surface area contributed by atoms with Crippen LogP contribution in [0.25, 0.3) is 5.76 Å². The number of ether oxygens (including phenoxy) is 5. The minimum Gasteiger partial charge on any atom is -0.507 e. The van der Waals surface area contributed by atoms with Crippen molar-refractivity contribution in [3.63, 3.8) is 0 Å². The molecule has 2 aromatic carbocycles. The van der Waals surface area contributed by atoms with Crippen LogP contribution in [0, 0.1) is 6.92 Å². The number of benzene rings is 2. The van der Waals surface area contributed by atoms with E-state index in [0.717, 1.165) is 24.2 Å². The molecule has 1 aromatic heterocycles. The van der Waals surface area contributed by atoms with Crippen molar-refractivity contribution < 1.29 is 43.2 Å². The lowest BCUT2D eigenvalue weighted by Crippen LogP contribution is -2.29. The molecule has 230 valence electrons. The molecule has 44 heavy (non-hydrogen) atoms. The minimum absolute atomic E-state index is 0.00196. The molecular weight excluding hydrogens is 588 g/mol. The van der Waals surface area contributed by atoms with Gasteiger partial charge in [0.1, 0.15) is 30.5 Å². The van der Waals surface area contributed by atoms with Gasteiger partial charge in [-0.05, 0) is 49.2 Å². The van der Waals surface area contributed by atoms with Crippen molar-refractivity contribution in [2.24, 2.45) is 0 Å². The number of thiazole rings is 1. The quantitative estimate of drug-likeness (QED) is 0.0744. The summed E-state index contributed by atoms with van der Waals surface area (Å²) in [7, 11) is 1.49. The highest BCUT2D eigenvalue weighted by atomic mass is 32.1. The third kappa shape index (κ3) is 5.85. The van der Waals surface area contributed by atoms with E-state index in [9.17, 15) is 19.5 Å². The molecule has 0 aliphatic carbocycles. The number of aromatic nitrogens is 1. The summed E-state index contributed by atoms with van der Waals surface area (Å²) in [6.07, 6.45) is 3.24. The average molecular weight is 621 g/mol. The number of hydrogen-bond donors (Lipinski definition) is 1. The third-order valence-corrected chi connectivity index (χ3v) is 8.16. The molecule has 0 saturated carbocycles. The van der Waals surface area contributed by atoms with E-state index in [1.54, 1.807) is 43.3 Å². The van der Waals surface area contributed by atoms with Gasteiger partial charge in [0.2, 0.25) is 0 Å². The number of methoxy groups -OCH3 is 1. The number of ketones is 1. The van der Waals surface area contributed by atoms with Crippen LogP contribution in [0.1, 0.15) is 52.3 Å². The Morgan fingerprint density at radius 3 is 2.66 bits per heavy atom. The molecule has 0 bridgehead atoms. The predicted octanol–water partition coefficient (Wildman–Crippen LogP) is 5.38. The van der Waals surface area contributed by atoms with Crippen LogP contribution in [0.15, 0.2) is 54.6 Å². The van der Waals surface area contributed by atoms with Crippen LogP contribution in [0.3, 0.4) is 0 Å². The number of aliphatic hydroxyl groups is 1. The van der Waals surface area contributed by atoms with E-state index in [2.05, 4.69) is 18.5 Å². The highest BCUT2D eigenvalue weighted by molar-refractivity contribution is 7.17. The smallest absolute Gasteiger partial charge is 0.350 e. The number of nitrogens with zero attached hydrogens (tertiary/aromatic N) is 2. The van der Waals surface area contributed by atoms with Gasteiger partial charge < -0.3 is 28.8 Å². The summed E-state index contributed by atoms with van der Waals surface area (Å²) >= 11 is 0.911. The number of unbranched alkanes of at least 4 members (excludes halogenated alkanes) is 1. The van der Waals surface area contributed by atoms with Crippen LogP contribution in [-0.2, 0) is 14.3 Å². The number of rotatable bonds is 11. The molecule has 2 aliphatic rings. The number of amides is 1. The van der Waals surface area contributed by atoms with Gasteiger partial charge in [0.25, 0.3) is 5.78 Å². The molecule has 1 saturated heterocycles. The Labute approximate surface area is 258 Å². The molecule has 1 atom stereocenters. The largest absolute Gasteiger partial charge is 0.507 e. The van der Waals surface area contributed by atoms with E-state index in [1.165, 1.54) is 18.1 Å². The van der Waals surface area contributed by atoms with Gasteiger partial charge in [0, 0.05) is 5.56 Å². The van der Waals surface area contributed by atoms with E-state index in [4.69, 9.17) is 23.7 Å². The lowest BCUT2D eigenvalue weighted by atomic mass is 9.95. The average Bonchev–Trinajstić information content (AvgIpc) is 3.55. The molecule has 0 radical (unpaired) electrons. The Hall–Kier alpha value is -4.84. The normalized spacial score (nSPS) is 17.0. The first-order chi connectivity index (χ1) is 21.3. The predicted molar refractivity (Wildman–Crippen MR) is 163 cm³/mol. The summed E-state index contributed by atoms with van der Waals surface area (Å²) in [6, 6.07) is 8.70. The lowest BCUT2D eigenvalue weighted by molar-refractivity contribution is -0.132. The zero-order chi connectivity index (χ0) is 31.4. The maximum Gasteiger partial charge on any atom is 0.350 e. The van der Waals surface area contributed by atoms with Crippen molar-refractivity contribution in [1.82, 2.24) is 4.98 Å². The van der Waals surface area contributed by atoms with E-state index in [1.807, 2.05) is 0 Å². The van der Waals surface area contributed by atoms with Crippen molar-refractivity contribution in [3.8, 4) is 23.0 Å². The second-order valence-electron chi connectivity index (χ2n) is 9.94. The number of anilines is 1. The highest BCUT2D eigenvalue weighted by Gasteiger charge is 2.48. The molecule has 1 unspecified atom stereocenters. The summed E-state index contributed by atoms with van der Waals surface area (Å²) in [5, 5.41) is 11.7. The van der Waals surface area contributed by atoms with Crippen molar-refractivity contribution in [2.75, 3.05) is 38.4 Å². The zero-order valence-electron chi connectivity index (χ0n) is 24.6. The Balaban J connectivity index is 1.65. The van der Waals surface area contributed by atoms with E-state index < -0.39 is 29.5 Å². The summed E-state index contributed by atoms with van der Waals surface area (Å²) < 4.78 is 27.9. The number of aliphatic hydroxyl groups excluding tert-OH is 1. The maximum atomic E-state index is 13.7. The number of carbonyl (C=O) groups is 3. The van der Waals surface area contributed by atoms with Gasteiger partial charge in [-0.1, -0.05) is 43.4 Å². The fourth-order valence-electron chi connectivity index (χ4n) is 4.87. The SMILES string of the molecule is C=CCOC(=O)c1sc(N2C(=O)C(=O)/C(=C(/O)c3ccc4c(c3)OCCO4)C2c2ccc(OCCCC)c(OC)c2)nc1C. The highest BCUT2D eigenvalue weighted by Crippen LogP contribution is 2.46. The van der Waals surface area contributed by atoms with Gasteiger partial charge in [-0.15, -0.1) is 0 Å². The molecule has 3 aromatic rings. The van der Waals surface area contributed by atoms with Crippen molar-refractivity contribution >= 4 is 39.9 Å². The second kappa shape index (κ2) is 13.2. The topological polar surface area (TPSA) is 134 Å². The molecule has 12 heteroatoms. The maximum absolute atomic E-state index is 13.7. The van der Waals surface area contributed by atoms with Crippen LogP contribution < -0.4 is 23.8 Å². The fraction of sp³-hybridized carbons (Fsp3) is 0.312. The van der Waals surface area contributed by atoms with Gasteiger partial charge in [-0.3, -0.25) is 14.5 Å². The van der Waals surface area contributed by atoms with Crippen molar-refractivity contribution in [2.45, 2.75) is 32.7 Å². The number of esters is 1. The minimum atomic E-state index is -1.12. The molecule has 2 aliphatic heterocycles. The van der Waals surface area contributed by atoms with E-state index in [-0.39, 0.29) is 27.8 Å². The van der Waals surface area contributed by atoms with Crippen LogP contribution >= 0.6 is 11.3 Å². The molecule has 11 nitrogen and oxygen atoms in total. The summed E-state index contributed by atoms with van der Waals surface area (Å²) in [5.41, 5.74) is 0.861. The molecule has 3 heterocycles. The summed E-state index contributed by atoms with van der Waals surface area (Å²) in [4.78, 5) is 45.9. The standard InChI is InChI=1S/C32H32N2O9S/c1-5-7-13-40-21-10-8-19(16-23(21)39-4)26-25(27(35)20-9-11-22-24(17-20)42-15-14-41-22)28(36)30(37)34(26)32-33-18(3)29(44-32)31(38)43-12-6-2/h6,8-11,16-17,26,35H,2,5,7,12-15H2,1,3-4H3/b27-25+. The first-order valence-electron chi connectivity index (χ1n) is 14.1. The molecule has 1 amide bonds. The van der Waals surface area contributed by atoms with Gasteiger partial charge in [0.15, 0.2) is 28.1 Å². The van der Waals surface area contributed by atoms with Gasteiger partial charge in [-0.25, -0.2) is 9.78 Å². The van der Waals surface area contributed by atoms with Crippen molar-refractivity contribution in [3.05, 3.63) is 76.3 Å². The van der Waals surface area contributed by atoms with Crippen molar-refractivity contribution in [1.29, 1.82) is 0 Å². The van der Waals surface area contributed by atoms with Crippen LogP contribution in [0.5, 0.6) is 23.0 Å². The summed E-state index contributed by atoms with van der Waals surface area (Å²) in [5.74, 6) is -1.11. The number of aryl methyl sites for hydroxylation is 1. The molecule has 5 rings (SSSR count). The fourth-order valence-corrected chi connectivity index (χ4v) is 5.85. The molecule has 0 spiro atoms. The van der Waals surface area contributed by atoms with Crippen LogP contribution in [0.2, 0.25) is 0 Å². The number of carbonyl (C=O) groups excluding carboxylic acids is 3. The molecule has 1 N–H and O–H groups in total. The number of fused-ring (bicyclic) bond motifs is 1. The first kappa shape index (κ1) is 30.6. The van der Waals surface area contributed by atoms with E-state index in [0.29, 0.717) is 54.1 Å². The van der Waals surface area contributed by atoms with Gasteiger partial charge >= 0.3 is 11.9 Å². The Bertz CT molecular complexity index is 1640. The van der Waals surface area contributed by atoms with Gasteiger partial charge in [-0.2, -0.15) is 0 Å². The first-order valence-corrected chi connectivity index (χ1v) is 14.9. The van der Waals surface area contributed by atoms with Gasteiger partial charge in [0.05, 0.1) is 31.0 Å². The number of Topliss-reactive ketones (excluding diaryl/α,β-unsaturated/α-hetero) is 1. The molecular formula is C32H32N2O9S. The molecule has 1 fully saturated rings.